The minimum absolute atomic E-state index is 0.0844. The number of anilines is 1. The van der Waals surface area contributed by atoms with Gasteiger partial charge in [0.15, 0.2) is 0 Å². The molecule has 7 nitrogen and oxygen atoms in total. The minimum atomic E-state index is -0.362. The van der Waals surface area contributed by atoms with Gasteiger partial charge >= 0.3 is 6.03 Å². The van der Waals surface area contributed by atoms with Gasteiger partial charge in [-0.1, -0.05) is 35.4 Å². The summed E-state index contributed by atoms with van der Waals surface area (Å²) in [6.45, 7) is 5.03. The molecule has 1 aliphatic rings. The molecule has 4 aromatic rings. The highest BCUT2D eigenvalue weighted by atomic mass is 32.1. The molecule has 1 N–H and O–H groups in total. The predicted molar refractivity (Wildman–Crippen MR) is 148 cm³/mol. The van der Waals surface area contributed by atoms with Crippen LogP contribution in [0.1, 0.15) is 33.4 Å². The van der Waals surface area contributed by atoms with Crippen LogP contribution in [0.15, 0.2) is 82.8 Å². The van der Waals surface area contributed by atoms with Crippen molar-refractivity contribution in [2.45, 2.75) is 32.9 Å². The number of nitrogens with zero attached hydrogens (tertiary/aromatic N) is 2. The van der Waals surface area contributed by atoms with Crippen LogP contribution in [0.2, 0.25) is 0 Å². The molecule has 0 aliphatic carbocycles. The molecule has 0 fully saturated rings. The fourth-order valence-electron chi connectivity index (χ4n) is 4.57. The fourth-order valence-corrected chi connectivity index (χ4v) is 5.50. The number of nitrogens with one attached hydrogen (secondary N) is 1. The number of carbonyl (C=O) groups excluding carboxylic acids is 2. The van der Waals surface area contributed by atoms with Gasteiger partial charge in [-0.05, 0) is 73.7 Å². The van der Waals surface area contributed by atoms with E-state index in [1.807, 2.05) is 67.3 Å². The van der Waals surface area contributed by atoms with Crippen molar-refractivity contribution in [1.29, 1.82) is 0 Å². The lowest BCUT2D eigenvalue weighted by Crippen LogP contribution is -2.48. The van der Waals surface area contributed by atoms with E-state index in [1.54, 1.807) is 29.7 Å². The standard InChI is InChI=1S/C30H31N3O4S/c1-21-5-9-23(10-6-21)31-30(35)32(18-25-4-3-16-36-25)19-29(34)33-15-13-28-26(14-17-38-28)27(33)20-37-24-11-7-22(2)8-12-24/h3-12,14,16-17,27H,13,15,18-20H2,1-2H3,(H,31,35)/t27-/m0/s1. The van der Waals surface area contributed by atoms with E-state index in [9.17, 15) is 9.59 Å². The Morgan fingerprint density at radius 2 is 1.79 bits per heavy atom. The van der Waals surface area contributed by atoms with Crippen molar-refractivity contribution in [2.75, 3.05) is 25.0 Å². The van der Waals surface area contributed by atoms with Crippen molar-refractivity contribution in [2.24, 2.45) is 0 Å². The summed E-state index contributed by atoms with van der Waals surface area (Å²) in [7, 11) is 0. The van der Waals surface area contributed by atoms with Gasteiger partial charge in [0.2, 0.25) is 5.91 Å². The van der Waals surface area contributed by atoms with Gasteiger partial charge in [-0.3, -0.25) is 4.79 Å². The summed E-state index contributed by atoms with van der Waals surface area (Å²) in [6.07, 6.45) is 2.35. The van der Waals surface area contributed by atoms with Gasteiger partial charge in [-0.2, -0.15) is 0 Å². The number of amides is 3. The third-order valence-electron chi connectivity index (χ3n) is 6.69. The molecule has 0 saturated heterocycles. The Labute approximate surface area is 226 Å². The normalized spacial score (nSPS) is 14.6. The molecular weight excluding hydrogens is 498 g/mol. The molecule has 3 amide bonds. The molecule has 2 aromatic carbocycles. The quantitative estimate of drug-likeness (QED) is 0.295. The van der Waals surface area contributed by atoms with Crippen LogP contribution in [0, 0.1) is 13.8 Å². The van der Waals surface area contributed by atoms with Crippen LogP contribution in [0.5, 0.6) is 5.75 Å². The van der Waals surface area contributed by atoms with Gasteiger partial charge in [-0.15, -0.1) is 11.3 Å². The molecule has 0 radical (unpaired) electrons. The van der Waals surface area contributed by atoms with Gasteiger partial charge in [-0.25, -0.2) is 4.79 Å². The third-order valence-corrected chi connectivity index (χ3v) is 7.68. The Balaban J connectivity index is 1.33. The SMILES string of the molecule is Cc1ccc(NC(=O)N(CC(=O)N2CCc3sccc3[C@@H]2COc2ccc(C)cc2)Cc2ccco2)cc1. The van der Waals surface area contributed by atoms with E-state index < -0.39 is 0 Å². The number of hydrogen-bond acceptors (Lipinski definition) is 5. The number of thiophene rings is 1. The number of rotatable bonds is 8. The second kappa shape index (κ2) is 11.6. The molecule has 1 aliphatic heterocycles. The summed E-state index contributed by atoms with van der Waals surface area (Å²) in [5.41, 5.74) is 4.04. The molecule has 0 bridgehead atoms. The molecule has 2 aromatic heterocycles. The van der Waals surface area contributed by atoms with E-state index in [-0.39, 0.29) is 31.1 Å². The maximum absolute atomic E-state index is 13.8. The molecule has 3 heterocycles. The molecule has 196 valence electrons. The first-order valence-electron chi connectivity index (χ1n) is 12.7. The summed E-state index contributed by atoms with van der Waals surface area (Å²) >= 11 is 1.71. The van der Waals surface area contributed by atoms with E-state index in [1.165, 1.54) is 9.78 Å². The number of ether oxygens (including phenoxy) is 1. The molecular formula is C30H31N3O4S. The van der Waals surface area contributed by atoms with Crippen molar-refractivity contribution < 1.29 is 18.7 Å². The average Bonchev–Trinajstić information content (AvgIpc) is 3.61. The Bertz CT molecular complexity index is 1360. The van der Waals surface area contributed by atoms with Gasteiger partial charge in [0, 0.05) is 17.1 Å². The predicted octanol–water partition coefficient (Wildman–Crippen LogP) is 6.20. The van der Waals surface area contributed by atoms with Crippen LogP contribution in [0.3, 0.4) is 0 Å². The largest absolute Gasteiger partial charge is 0.491 e. The third kappa shape index (κ3) is 6.08. The summed E-state index contributed by atoms with van der Waals surface area (Å²) in [5.74, 6) is 1.24. The van der Waals surface area contributed by atoms with Gasteiger partial charge in [0.05, 0.1) is 18.8 Å². The first-order chi connectivity index (χ1) is 18.5. The molecule has 5 rings (SSSR count). The first-order valence-corrected chi connectivity index (χ1v) is 13.5. The monoisotopic (exact) mass is 529 g/mol. The van der Waals surface area contributed by atoms with Crippen LogP contribution in [0.4, 0.5) is 10.5 Å². The number of urea groups is 1. The maximum Gasteiger partial charge on any atom is 0.322 e. The Hall–Kier alpha value is -4.04. The molecule has 0 unspecified atom stereocenters. The molecule has 1 atom stereocenters. The second-order valence-corrected chi connectivity index (χ2v) is 10.5. The lowest BCUT2D eigenvalue weighted by molar-refractivity contribution is -0.135. The van der Waals surface area contributed by atoms with Crippen molar-refractivity contribution in [3.05, 3.63) is 106 Å². The number of aryl methyl sites for hydroxylation is 2. The lowest BCUT2D eigenvalue weighted by atomic mass is 10.0. The van der Waals surface area contributed by atoms with Crippen LogP contribution in [-0.4, -0.2) is 41.4 Å². The molecule has 38 heavy (non-hydrogen) atoms. The number of hydrogen-bond donors (Lipinski definition) is 1. The summed E-state index contributed by atoms with van der Waals surface area (Å²) in [5, 5.41) is 4.98. The van der Waals surface area contributed by atoms with Crippen molar-refractivity contribution in [3.63, 3.8) is 0 Å². The van der Waals surface area contributed by atoms with Gasteiger partial charge in [0.25, 0.3) is 0 Å². The Morgan fingerprint density at radius 1 is 1.05 bits per heavy atom. The number of carbonyl (C=O) groups is 2. The zero-order valence-electron chi connectivity index (χ0n) is 21.6. The Morgan fingerprint density at radius 3 is 2.50 bits per heavy atom. The lowest BCUT2D eigenvalue weighted by Gasteiger charge is -2.37. The van der Waals surface area contributed by atoms with E-state index in [0.717, 1.165) is 28.9 Å². The van der Waals surface area contributed by atoms with Crippen LogP contribution in [-0.2, 0) is 17.8 Å². The number of benzene rings is 2. The second-order valence-electron chi connectivity index (χ2n) is 9.51. The zero-order chi connectivity index (χ0) is 26.5. The van der Waals surface area contributed by atoms with Crippen LogP contribution < -0.4 is 10.1 Å². The topological polar surface area (TPSA) is 75.0 Å². The molecule has 8 heteroatoms. The first kappa shape index (κ1) is 25.6. The smallest absolute Gasteiger partial charge is 0.322 e. The van der Waals surface area contributed by atoms with E-state index in [4.69, 9.17) is 9.15 Å². The maximum atomic E-state index is 13.8. The Kier molecular flexibility index (Phi) is 7.79. The highest BCUT2D eigenvalue weighted by Gasteiger charge is 2.33. The summed E-state index contributed by atoms with van der Waals surface area (Å²) in [4.78, 5) is 31.7. The van der Waals surface area contributed by atoms with Crippen molar-refractivity contribution in [3.8, 4) is 5.75 Å². The molecule has 0 saturated carbocycles. The minimum Gasteiger partial charge on any atom is -0.491 e. The average molecular weight is 530 g/mol. The highest BCUT2D eigenvalue weighted by molar-refractivity contribution is 7.10. The summed E-state index contributed by atoms with van der Waals surface area (Å²) < 4.78 is 11.6. The van der Waals surface area contributed by atoms with Gasteiger partial charge in [0.1, 0.15) is 24.7 Å². The number of furan rings is 1. The van der Waals surface area contributed by atoms with E-state index in [0.29, 0.717) is 24.6 Å². The van der Waals surface area contributed by atoms with Crippen molar-refractivity contribution >= 4 is 29.0 Å². The van der Waals surface area contributed by atoms with E-state index in [2.05, 4.69) is 16.8 Å². The highest BCUT2D eigenvalue weighted by Crippen LogP contribution is 2.34. The zero-order valence-corrected chi connectivity index (χ0v) is 22.4. The van der Waals surface area contributed by atoms with Crippen molar-refractivity contribution in [1.82, 2.24) is 9.80 Å². The summed E-state index contributed by atoms with van der Waals surface area (Å²) in [6, 6.07) is 20.5. The van der Waals surface area contributed by atoms with Crippen LogP contribution >= 0.6 is 11.3 Å². The fraction of sp³-hybridized carbons (Fsp3) is 0.267. The number of fused-ring (bicyclic) bond motifs is 1. The van der Waals surface area contributed by atoms with Crippen LogP contribution in [0.25, 0.3) is 0 Å². The molecule has 0 spiro atoms. The van der Waals surface area contributed by atoms with E-state index >= 15 is 0 Å². The van der Waals surface area contributed by atoms with Gasteiger partial charge < -0.3 is 24.3 Å².